The van der Waals surface area contributed by atoms with Gasteiger partial charge in [-0.05, 0) is 36.1 Å². The zero-order valence-electron chi connectivity index (χ0n) is 13.5. The molecule has 0 radical (unpaired) electrons. The van der Waals surface area contributed by atoms with Crippen LogP contribution in [0.4, 0.5) is 0 Å². The van der Waals surface area contributed by atoms with Crippen molar-refractivity contribution in [3.05, 3.63) is 69.7 Å². The van der Waals surface area contributed by atoms with Crippen LogP contribution in [0.25, 0.3) is 0 Å². The van der Waals surface area contributed by atoms with Crippen molar-refractivity contribution in [3.8, 4) is 0 Å². The maximum Gasteiger partial charge on any atom is 0.305 e. The molecule has 132 valence electrons. The van der Waals surface area contributed by atoms with E-state index in [2.05, 4.69) is 5.32 Å². The Morgan fingerprint density at radius 3 is 2.36 bits per heavy atom. The van der Waals surface area contributed by atoms with E-state index in [-0.39, 0.29) is 18.7 Å². The van der Waals surface area contributed by atoms with Crippen molar-refractivity contribution in [1.29, 1.82) is 0 Å². The number of carboxylic acid groups (broad SMARTS) is 1. The molecule has 4 nitrogen and oxygen atoms in total. The molecule has 2 aromatic carbocycles. The second kappa shape index (κ2) is 9.44. The predicted octanol–water partition coefficient (Wildman–Crippen LogP) is 4.13. The second-order valence-corrected chi connectivity index (χ2v) is 6.63. The van der Waals surface area contributed by atoms with Gasteiger partial charge in [-0.15, -0.1) is 0 Å². The molecule has 0 unspecified atom stereocenters. The van der Waals surface area contributed by atoms with Gasteiger partial charge in [-0.2, -0.15) is 0 Å². The summed E-state index contributed by atoms with van der Waals surface area (Å²) in [4.78, 5) is 23.3. The lowest BCUT2D eigenvalue weighted by molar-refractivity contribution is -0.137. The van der Waals surface area contributed by atoms with Crippen LogP contribution in [-0.4, -0.2) is 23.0 Å². The van der Waals surface area contributed by atoms with E-state index in [0.717, 1.165) is 11.1 Å². The summed E-state index contributed by atoms with van der Waals surface area (Å²) in [6.45, 7) is 0. The van der Waals surface area contributed by atoms with E-state index < -0.39 is 12.0 Å². The highest BCUT2D eigenvalue weighted by Crippen LogP contribution is 2.22. The van der Waals surface area contributed by atoms with Gasteiger partial charge in [0.15, 0.2) is 0 Å². The Kier molecular flexibility index (Phi) is 7.29. The van der Waals surface area contributed by atoms with Crippen LogP contribution in [0.2, 0.25) is 10.0 Å². The molecule has 0 spiro atoms. The summed E-state index contributed by atoms with van der Waals surface area (Å²) in [6.07, 6.45) is 1.27. The lowest BCUT2D eigenvalue weighted by atomic mass is 10.0. The maximum atomic E-state index is 12.2. The number of hydrogen-bond donors (Lipinski definition) is 2. The number of carbonyl (C=O) groups is 2. The third-order valence-corrected chi connectivity index (χ3v) is 4.50. The average Bonchev–Trinajstić information content (AvgIpc) is 2.56. The molecule has 0 bridgehead atoms. The number of carboxylic acids is 1. The molecule has 6 heteroatoms. The minimum absolute atomic E-state index is 0.111. The summed E-state index contributed by atoms with van der Waals surface area (Å²) >= 11 is 11.8. The van der Waals surface area contributed by atoms with E-state index in [9.17, 15) is 9.59 Å². The van der Waals surface area contributed by atoms with Gasteiger partial charge < -0.3 is 10.4 Å². The topological polar surface area (TPSA) is 66.4 Å². The van der Waals surface area contributed by atoms with Crippen molar-refractivity contribution in [2.45, 2.75) is 31.7 Å². The SMILES string of the molecule is O=C(O)C[C@@H](CCc1ccccc1)NC(=O)Cc1ccc(Cl)c(Cl)c1. The van der Waals surface area contributed by atoms with Crippen molar-refractivity contribution < 1.29 is 14.7 Å². The fourth-order valence-electron chi connectivity index (χ4n) is 2.54. The van der Waals surface area contributed by atoms with Crippen LogP contribution in [-0.2, 0) is 22.4 Å². The molecular weight excluding hydrogens is 361 g/mol. The molecule has 0 fully saturated rings. The van der Waals surface area contributed by atoms with E-state index in [1.54, 1.807) is 18.2 Å². The summed E-state index contributed by atoms with van der Waals surface area (Å²) < 4.78 is 0. The van der Waals surface area contributed by atoms with Crippen LogP contribution >= 0.6 is 23.2 Å². The van der Waals surface area contributed by atoms with Gasteiger partial charge in [0.05, 0.1) is 22.9 Å². The number of amides is 1. The lowest BCUT2D eigenvalue weighted by Crippen LogP contribution is -2.37. The van der Waals surface area contributed by atoms with Gasteiger partial charge in [0.2, 0.25) is 5.91 Å². The Labute approximate surface area is 156 Å². The molecule has 25 heavy (non-hydrogen) atoms. The number of aliphatic carboxylic acids is 1. The van der Waals surface area contributed by atoms with E-state index in [1.165, 1.54) is 0 Å². The molecule has 1 atom stereocenters. The van der Waals surface area contributed by atoms with E-state index in [0.29, 0.717) is 22.9 Å². The van der Waals surface area contributed by atoms with Gasteiger partial charge in [0.1, 0.15) is 0 Å². The smallest absolute Gasteiger partial charge is 0.305 e. The van der Waals surface area contributed by atoms with Crippen molar-refractivity contribution in [2.24, 2.45) is 0 Å². The number of rotatable bonds is 8. The molecular formula is C19H19Cl2NO3. The molecule has 0 heterocycles. The zero-order valence-corrected chi connectivity index (χ0v) is 15.1. The van der Waals surface area contributed by atoms with Crippen molar-refractivity contribution in [1.82, 2.24) is 5.32 Å². The molecule has 0 saturated carbocycles. The number of aryl methyl sites for hydroxylation is 1. The summed E-state index contributed by atoms with van der Waals surface area (Å²) in [5.41, 5.74) is 1.83. The predicted molar refractivity (Wildman–Crippen MR) is 99.1 cm³/mol. The van der Waals surface area contributed by atoms with Gasteiger partial charge in [-0.1, -0.05) is 59.6 Å². The lowest BCUT2D eigenvalue weighted by Gasteiger charge is -2.17. The van der Waals surface area contributed by atoms with E-state index in [1.807, 2.05) is 30.3 Å². The van der Waals surface area contributed by atoms with Crippen molar-refractivity contribution >= 4 is 35.1 Å². The average molecular weight is 380 g/mol. The summed E-state index contributed by atoms with van der Waals surface area (Å²) in [5.74, 6) is -1.18. The van der Waals surface area contributed by atoms with Gasteiger partial charge in [-0.25, -0.2) is 0 Å². The van der Waals surface area contributed by atoms with Crippen LogP contribution in [0.1, 0.15) is 24.0 Å². The highest BCUT2D eigenvalue weighted by atomic mass is 35.5. The molecule has 0 aromatic heterocycles. The maximum absolute atomic E-state index is 12.2. The van der Waals surface area contributed by atoms with Crippen LogP contribution in [0.5, 0.6) is 0 Å². The number of hydrogen-bond acceptors (Lipinski definition) is 2. The van der Waals surface area contributed by atoms with Crippen molar-refractivity contribution in [3.63, 3.8) is 0 Å². The first-order chi connectivity index (χ1) is 11.9. The highest BCUT2D eigenvalue weighted by Gasteiger charge is 2.16. The number of carbonyl (C=O) groups excluding carboxylic acids is 1. The largest absolute Gasteiger partial charge is 0.481 e. The molecule has 0 saturated heterocycles. The monoisotopic (exact) mass is 379 g/mol. The summed E-state index contributed by atoms with van der Waals surface area (Å²) in [7, 11) is 0. The number of benzene rings is 2. The van der Waals surface area contributed by atoms with Crippen LogP contribution in [0.15, 0.2) is 48.5 Å². The first-order valence-corrected chi connectivity index (χ1v) is 8.68. The Morgan fingerprint density at radius 1 is 1.00 bits per heavy atom. The van der Waals surface area contributed by atoms with Crippen LogP contribution in [0.3, 0.4) is 0 Å². The summed E-state index contributed by atoms with van der Waals surface area (Å²) in [6, 6.07) is 14.3. The van der Waals surface area contributed by atoms with Gasteiger partial charge >= 0.3 is 5.97 Å². The minimum Gasteiger partial charge on any atom is -0.481 e. The highest BCUT2D eigenvalue weighted by molar-refractivity contribution is 6.42. The van der Waals surface area contributed by atoms with Gasteiger partial charge in [0, 0.05) is 6.04 Å². The Hall–Kier alpha value is -2.04. The normalized spacial score (nSPS) is 11.8. The Morgan fingerprint density at radius 2 is 1.72 bits per heavy atom. The first kappa shape index (κ1) is 19.3. The molecule has 0 aliphatic rings. The zero-order chi connectivity index (χ0) is 18.2. The minimum atomic E-state index is -0.937. The molecule has 0 aliphatic carbocycles. The third kappa shape index (κ3) is 6.77. The molecule has 2 rings (SSSR count). The van der Waals surface area contributed by atoms with Gasteiger partial charge in [-0.3, -0.25) is 9.59 Å². The molecule has 1 amide bonds. The number of nitrogens with one attached hydrogen (secondary N) is 1. The van der Waals surface area contributed by atoms with Gasteiger partial charge in [0.25, 0.3) is 0 Å². The fourth-order valence-corrected chi connectivity index (χ4v) is 2.86. The van der Waals surface area contributed by atoms with Crippen molar-refractivity contribution in [2.75, 3.05) is 0 Å². The quantitative estimate of drug-likeness (QED) is 0.724. The van der Waals surface area contributed by atoms with E-state index >= 15 is 0 Å². The Bertz CT molecular complexity index is 735. The molecule has 2 N–H and O–H groups in total. The Balaban J connectivity index is 1.94. The number of halogens is 2. The third-order valence-electron chi connectivity index (χ3n) is 3.76. The fraction of sp³-hybridized carbons (Fsp3) is 0.263. The molecule has 0 aliphatic heterocycles. The standard InChI is InChI=1S/C19H19Cl2NO3/c20-16-9-7-14(10-17(16)21)11-18(23)22-15(12-19(24)25)8-6-13-4-2-1-3-5-13/h1-5,7,9-10,15H,6,8,11-12H2,(H,22,23)(H,24,25)/t15-/m1/s1. The summed E-state index contributed by atoms with van der Waals surface area (Å²) in [5, 5.41) is 12.7. The molecule has 2 aromatic rings. The van der Waals surface area contributed by atoms with Crippen LogP contribution < -0.4 is 5.32 Å². The van der Waals surface area contributed by atoms with Crippen LogP contribution in [0, 0.1) is 0 Å². The van der Waals surface area contributed by atoms with E-state index in [4.69, 9.17) is 28.3 Å². The first-order valence-electron chi connectivity index (χ1n) is 7.93. The second-order valence-electron chi connectivity index (χ2n) is 5.81.